The molecule has 0 atom stereocenters. The van der Waals surface area contributed by atoms with Crippen LogP contribution in [0, 0.1) is 0 Å². The lowest BCUT2D eigenvalue weighted by molar-refractivity contribution is -0.121. The smallest absolute Gasteiger partial charge is 0.220 e. The second kappa shape index (κ2) is 6.54. The van der Waals surface area contributed by atoms with Gasteiger partial charge in [-0.15, -0.1) is 6.58 Å². The first-order chi connectivity index (χ1) is 9.29. The van der Waals surface area contributed by atoms with Gasteiger partial charge in [-0.3, -0.25) is 9.78 Å². The zero-order chi connectivity index (χ0) is 13.5. The van der Waals surface area contributed by atoms with E-state index in [-0.39, 0.29) is 5.91 Å². The molecule has 2 aromatic rings. The maximum Gasteiger partial charge on any atom is 0.220 e. The highest BCUT2D eigenvalue weighted by molar-refractivity contribution is 5.75. The van der Waals surface area contributed by atoms with Crippen molar-refractivity contribution >= 4 is 5.91 Å². The van der Waals surface area contributed by atoms with E-state index in [1.165, 1.54) is 0 Å². The fourth-order valence-electron chi connectivity index (χ4n) is 1.63. The number of amides is 1. The van der Waals surface area contributed by atoms with E-state index >= 15 is 0 Å². The van der Waals surface area contributed by atoms with Crippen molar-refractivity contribution in [3.63, 3.8) is 0 Å². The first-order valence-electron chi connectivity index (χ1n) is 6.14. The Hall–Kier alpha value is -2.36. The Labute approximate surface area is 112 Å². The molecule has 2 rings (SSSR count). The predicted octanol–water partition coefficient (Wildman–Crippen LogP) is 2.92. The van der Waals surface area contributed by atoms with Gasteiger partial charge in [0.25, 0.3) is 0 Å². The monoisotopic (exact) mass is 256 g/mol. The molecule has 19 heavy (non-hydrogen) atoms. The highest BCUT2D eigenvalue weighted by atomic mass is 16.3. The molecule has 0 aromatic carbocycles. The Bertz CT molecular complexity index is 530. The minimum atomic E-state index is 0.0267. The van der Waals surface area contributed by atoms with Crippen molar-refractivity contribution in [1.29, 1.82) is 0 Å². The van der Waals surface area contributed by atoms with Gasteiger partial charge in [0, 0.05) is 24.7 Å². The van der Waals surface area contributed by atoms with Gasteiger partial charge in [0.2, 0.25) is 5.91 Å². The summed E-state index contributed by atoms with van der Waals surface area (Å²) in [6.45, 7) is 4.08. The summed E-state index contributed by atoms with van der Waals surface area (Å²) in [5, 5.41) is 2.84. The van der Waals surface area contributed by atoms with Gasteiger partial charge in [-0.1, -0.05) is 12.1 Å². The molecule has 0 fully saturated rings. The first kappa shape index (κ1) is 13.1. The van der Waals surface area contributed by atoms with E-state index in [9.17, 15) is 4.79 Å². The summed E-state index contributed by atoms with van der Waals surface area (Å²) in [5.41, 5.74) is 2.77. The van der Waals surface area contributed by atoms with E-state index in [0.717, 1.165) is 16.8 Å². The molecule has 0 radical (unpaired) electrons. The summed E-state index contributed by atoms with van der Waals surface area (Å²) in [7, 11) is 0. The molecule has 1 N–H and O–H groups in total. The molecule has 4 nitrogen and oxygen atoms in total. The second-order valence-electron chi connectivity index (χ2n) is 4.17. The molecule has 1 amide bonds. The largest absolute Gasteiger partial charge is 0.472 e. The summed E-state index contributed by atoms with van der Waals surface area (Å²) in [4.78, 5) is 15.8. The van der Waals surface area contributed by atoms with E-state index < -0.39 is 0 Å². The van der Waals surface area contributed by atoms with Crippen LogP contribution in [0.4, 0.5) is 0 Å². The zero-order valence-electron chi connectivity index (χ0n) is 10.6. The van der Waals surface area contributed by atoms with E-state index in [1.54, 1.807) is 24.8 Å². The minimum Gasteiger partial charge on any atom is -0.472 e. The Morgan fingerprint density at radius 2 is 2.32 bits per heavy atom. The molecule has 0 unspecified atom stereocenters. The third-order valence-corrected chi connectivity index (χ3v) is 2.71. The minimum absolute atomic E-state index is 0.0267. The van der Waals surface area contributed by atoms with Gasteiger partial charge in [-0.25, -0.2) is 0 Å². The zero-order valence-corrected chi connectivity index (χ0v) is 10.6. The quantitative estimate of drug-likeness (QED) is 0.808. The van der Waals surface area contributed by atoms with Crippen LogP contribution in [0.3, 0.4) is 0 Å². The molecule has 0 aliphatic heterocycles. The topological polar surface area (TPSA) is 55.1 Å². The molecule has 0 saturated heterocycles. The van der Waals surface area contributed by atoms with Crippen molar-refractivity contribution in [2.75, 3.05) is 0 Å². The molecule has 0 bridgehead atoms. The highest BCUT2D eigenvalue weighted by Gasteiger charge is 2.02. The highest BCUT2D eigenvalue weighted by Crippen LogP contribution is 2.16. The number of nitrogens with one attached hydrogen (secondary N) is 1. The van der Waals surface area contributed by atoms with Crippen LogP contribution in [0.25, 0.3) is 11.3 Å². The Kier molecular flexibility index (Phi) is 4.50. The van der Waals surface area contributed by atoms with Crippen LogP contribution in [0.5, 0.6) is 0 Å². The molecular weight excluding hydrogens is 240 g/mol. The van der Waals surface area contributed by atoms with Gasteiger partial charge >= 0.3 is 0 Å². The SMILES string of the molecule is C=CCCC(=O)NCc1ccc(-c2ccoc2)nc1. The summed E-state index contributed by atoms with van der Waals surface area (Å²) >= 11 is 0. The standard InChI is InChI=1S/C15H16N2O2/c1-2-3-4-15(18)17-10-12-5-6-14(16-9-12)13-7-8-19-11-13/h2,5-9,11H,1,3-4,10H2,(H,17,18). The number of hydrogen-bond acceptors (Lipinski definition) is 3. The Morgan fingerprint density at radius 1 is 1.42 bits per heavy atom. The van der Waals surface area contributed by atoms with Crippen LogP contribution in [0.15, 0.2) is 54.0 Å². The molecule has 0 spiro atoms. The number of rotatable bonds is 6. The molecule has 0 aliphatic carbocycles. The van der Waals surface area contributed by atoms with Crippen molar-refractivity contribution in [3.05, 3.63) is 55.1 Å². The molecular formula is C15H16N2O2. The van der Waals surface area contributed by atoms with Crippen LogP contribution >= 0.6 is 0 Å². The lowest BCUT2D eigenvalue weighted by Crippen LogP contribution is -2.22. The van der Waals surface area contributed by atoms with E-state index in [4.69, 9.17) is 4.42 Å². The fourth-order valence-corrected chi connectivity index (χ4v) is 1.63. The fraction of sp³-hybridized carbons (Fsp3) is 0.200. The van der Waals surface area contributed by atoms with Crippen molar-refractivity contribution in [3.8, 4) is 11.3 Å². The van der Waals surface area contributed by atoms with Gasteiger partial charge in [-0.2, -0.15) is 0 Å². The maximum atomic E-state index is 11.4. The normalized spacial score (nSPS) is 10.1. The van der Waals surface area contributed by atoms with Crippen molar-refractivity contribution < 1.29 is 9.21 Å². The number of carbonyl (C=O) groups excluding carboxylic acids is 1. The van der Waals surface area contributed by atoms with Gasteiger partial charge in [0.15, 0.2) is 0 Å². The van der Waals surface area contributed by atoms with Crippen LogP contribution in [0.1, 0.15) is 18.4 Å². The average molecular weight is 256 g/mol. The van der Waals surface area contributed by atoms with Crippen molar-refractivity contribution in [2.45, 2.75) is 19.4 Å². The van der Waals surface area contributed by atoms with Gasteiger partial charge < -0.3 is 9.73 Å². The number of allylic oxidation sites excluding steroid dienone is 1. The summed E-state index contributed by atoms with van der Waals surface area (Å²) < 4.78 is 5.01. The van der Waals surface area contributed by atoms with Gasteiger partial charge in [0.1, 0.15) is 0 Å². The summed E-state index contributed by atoms with van der Waals surface area (Å²) in [5.74, 6) is 0.0267. The van der Waals surface area contributed by atoms with E-state index in [2.05, 4.69) is 16.9 Å². The van der Waals surface area contributed by atoms with Crippen LogP contribution in [0.2, 0.25) is 0 Å². The molecule has 98 valence electrons. The number of furan rings is 1. The number of carbonyl (C=O) groups is 1. The first-order valence-corrected chi connectivity index (χ1v) is 6.14. The second-order valence-corrected chi connectivity index (χ2v) is 4.17. The Morgan fingerprint density at radius 3 is 2.95 bits per heavy atom. The molecule has 2 heterocycles. The van der Waals surface area contributed by atoms with Crippen molar-refractivity contribution in [2.24, 2.45) is 0 Å². The lowest BCUT2D eigenvalue weighted by atomic mass is 10.2. The van der Waals surface area contributed by atoms with E-state index in [1.807, 2.05) is 18.2 Å². The number of pyridine rings is 1. The van der Waals surface area contributed by atoms with Gasteiger partial charge in [0.05, 0.1) is 18.2 Å². The average Bonchev–Trinajstić information content (AvgIpc) is 2.97. The van der Waals surface area contributed by atoms with Gasteiger partial charge in [-0.05, 0) is 24.1 Å². The third kappa shape index (κ3) is 3.81. The number of nitrogens with zero attached hydrogens (tertiary/aromatic N) is 1. The van der Waals surface area contributed by atoms with E-state index in [0.29, 0.717) is 19.4 Å². The molecule has 4 heteroatoms. The number of hydrogen-bond donors (Lipinski definition) is 1. The third-order valence-electron chi connectivity index (χ3n) is 2.71. The summed E-state index contributed by atoms with van der Waals surface area (Å²) in [6.07, 6.45) is 7.94. The summed E-state index contributed by atoms with van der Waals surface area (Å²) in [6, 6.07) is 5.72. The van der Waals surface area contributed by atoms with Crippen LogP contribution < -0.4 is 5.32 Å². The lowest BCUT2D eigenvalue weighted by Gasteiger charge is -2.04. The van der Waals surface area contributed by atoms with Crippen LogP contribution in [-0.2, 0) is 11.3 Å². The van der Waals surface area contributed by atoms with Crippen molar-refractivity contribution in [1.82, 2.24) is 10.3 Å². The predicted molar refractivity (Wildman–Crippen MR) is 73.2 cm³/mol. The molecule has 0 aliphatic rings. The number of aromatic nitrogens is 1. The Balaban J connectivity index is 1.89. The maximum absolute atomic E-state index is 11.4. The molecule has 0 saturated carbocycles. The molecule has 2 aromatic heterocycles. The van der Waals surface area contributed by atoms with Crippen LogP contribution in [-0.4, -0.2) is 10.9 Å².